The summed E-state index contributed by atoms with van der Waals surface area (Å²) in [6.45, 7) is 0. The number of aromatic carboxylic acids is 2. The van der Waals surface area contributed by atoms with E-state index in [2.05, 4.69) is 0 Å². The van der Waals surface area contributed by atoms with Crippen molar-refractivity contribution in [2.45, 2.75) is 0 Å². The third-order valence-electron chi connectivity index (χ3n) is 2.47. The number of carbonyl (C=O) groups is 2. The molecule has 8 nitrogen and oxygen atoms in total. The molecule has 0 amide bonds. The molecule has 2 aromatic rings. The maximum atomic E-state index is 10.8. The number of nitrogen functional groups attached to an aromatic ring is 2. The fourth-order valence-corrected chi connectivity index (χ4v) is 1.43. The predicted molar refractivity (Wildman–Crippen MR) is 74.5 cm³/mol. The van der Waals surface area contributed by atoms with Gasteiger partial charge >= 0.3 is 31.4 Å². The summed E-state index contributed by atoms with van der Waals surface area (Å²) in [4.78, 5) is 20.6. The first-order valence-electron chi connectivity index (χ1n) is 5.82. The Morgan fingerprint density at radius 3 is 1.30 bits per heavy atom. The Labute approximate surface area is 143 Å². The summed E-state index contributed by atoms with van der Waals surface area (Å²) < 4.78 is 0. The quantitative estimate of drug-likeness (QED) is 0.425. The van der Waals surface area contributed by atoms with E-state index in [9.17, 15) is 19.8 Å². The summed E-state index contributed by atoms with van der Waals surface area (Å²) in [5.74, 6) is -3.57. The van der Waals surface area contributed by atoms with Gasteiger partial charge in [0.15, 0.2) is 0 Å². The number of carboxylic acid groups (broad SMARTS) is 2. The van der Waals surface area contributed by atoms with Gasteiger partial charge in [0.1, 0.15) is 0 Å². The molecule has 0 aromatic heterocycles. The molecule has 0 heterocycles. The number of hydrogen-bond donors (Lipinski definition) is 4. The summed E-state index contributed by atoms with van der Waals surface area (Å²) in [6.07, 6.45) is 0. The van der Waals surface area contributed by atoms with E-state index in [1.165, 1.54) is 24.3 Å². The zero-order valence-corrected chi connectivity index (χ0v) is 14.8. The Balaban J connectivity index is 0.000000403. The average molecular weight is 370 g/mol. The minimum absolute atomic E-state index is 0. The zero-order valence-electron chi connectivity index (χ0n) is 11.9. The molecule has 116 valence electrons. The van der Waals surface area contributed by atoms with Crippen LogP contribution in [-0.2, 0) is 19.5 Å². The van der Waals surface area contributed by atoms with E-state index in [0.717, 1.165) is 12.1 Å². The zero-order chi connectivity index (χ0) is 16.9. The molecule has 0 aliphatic carbocycles. The summed E-state index contributed by atoms with van der Waals surface area (Å²) in [6, 6.07) is 7.32. The Morgan fingerprint density at radius 1 is 0.783 bits per heavy atom. The fourth-order valence-electron chi connectivity index (χ4n) is 1.43. The molecule has 0 saturated heterocycles. The van der Waals surface area contributed by atoms with Crippen molar-refractivity contribution in [2.24, 2.45) is 0 Å². The van der Waals surface area contributed by atoms with Gasteiger partial charge in [-0.2, -0.15) is 0 Å². The second-order valence-electron chi connectivity index (χ2n) is 4.12. The Bertz CT molecular complexity index is 659. The molecule has 2 rings (SSSR count). The van der Waals surface area contributed by atoms with E-state index in [0.29, 0.717) is 0 Å². The standard InChI is InChI=1S/2C7H7NO3.Zn/c2*8-4-1-2-5(7(10)11)6(9)3-4;/h2*1-3,9H,8H2,(H,10,11);/q;;+2/p-2. The summed E-state index contributed by atoms with van der Waals surface area (Å²) in [7, 11) is 0. The molecule has 0 aliphatic heterocycles. The minimum Gasteiger partial charge on any atom is -0.872 e. The molecule has 2 aromatic carbocycles. The van der Waals surface area contributed by atoms with Crippen LogP contribution in [0.25, 0.3) is 0 Å². The molecule has 0 saturated carbocycles. The third-order valence-corrected chi connectivity index (χ3v) is 2.47. The predicted octanol–water partition coefficient (Wildman–Crippen LogP) is 0.0787. The van der Waals surface area contributed by atoms with Crippen LogP contribution in [0.3, 0.4) is 0 Å². The van der Waals surface area contributed by atoms with Gasteiger partial charge in [0.05, 0.1) is 11.1 Å². The molecule has 23 heavy (non-hydrogen) atoms. The molecule has 0 unspecified atom stereocenters. The van der Waals surface area contributed by atoms with E-state index in [1.807, 2.05) is 0 Å². The summed E-state index contributed by atoms with van der Waals surface area (Å²) in [5.41, 5.74) is 10.5. The van der Waals surface area contributed by atoms with E-state index >= 15 is 0 Å². The van der Waals surface area contributed by atoms with Gasteiger partial charge in [0, 0.05) is 11.4 Å². The van der Waals surface area contributed by atoms with Gasteiger partial charge in [0.25, 0.3) is 0 Å². The van der Waals surface area contributed by atoms with Crippen molar-refractivity contribution in [1.29, 1.82) is 0 Å². The molecule has 0 bridgehead atoms. The van der Waals surface area contributed by atoms with E-state index in [4.69, 9.17) is 21.7 Å². The van der Waals surface area contributed by atoms with Gasteiger partial charge in [-0.1, -0.05) is 11.5 Å². The molecule has 6 N–H and O–H groups in total. The Hall–Kier alpha value is -2.80. The van der Waals surface area contributed by atoms with Crippen LogP contribution in [0.4, 0.5) is 11.4 Å². The van der Waals surface area contributed by atoms with Crippen LogP contribution >= 0.6 is 0 Å². The smallest absolute Gasteiger partial charge is 0.872 e. The normalized spacial score (nSPS) is 9.04. The average Bonchev–Trinajstić information content (AvgIpc) is 2.38. The Kier molecular flexibility index (Phi) is 7.55. The number of rotatable bonds is 2. The molecular formula is C14H12N2O6Zn. The maximum Gasteiger partial charge on any atom is 2.00 e. The van der Waals surface area contributed by atoms with Crippen LogP contribution in [-0.4, -0.2) is 22.2 Å². The van der Waals surface area contributed by atoms with Gasteiger partial charge in [-0.3, -0.25) is 0 Å². The van der Waals surface area contributed by atoms with Crippen LogP contribution in [0.15, 0.2) is 36.4 Å². The van der Waals surface area contributed by atoms with Crippen molar-refractivity contribution in [1.82, 2.24) is 0 Å². The van der Waals surface area contributed by atoms with Crippen LogP contribution in [0.2, 0.25) is 0 Å². The second kappa shape index (κ2) is 8.60. The van der Waals surface area contributed by atoms with Gasteiger partial charge in [-0.15, -0.1) is 0 Å². The topological polar surface area (TPSA) is 173 Å². The first kappa shape index (κ1) is 20.2. The van der Waals surface area contributed by atoms with Crippen molar-refractivity contribution in [3.8, 4) is 11.5 Å². The first-order valence-corrected chi connectivity index (χ1v) is 5.82. The SMILES string of the molecule is Nc1ccc(C(=O)O)c([O-])c1.Nc1ccc(C(=O)O)c([O-])c1.[Zn+2]. The minimum atomic E-state index is -1.23. The van der Waals surface area contributed by atoms with Crippen molar-refractivity contribution in [3.05, 3.63) is 47.5 Å². The largest absolute Gasteiger partial charge is 2.00 e. The molecule has 0 radical (unpaired) electrons. The van der Waals surface area contributed by atoms with Crippen LogP contribution in [0.5, 0.6) is 11.5 Å². The van der Waals surface area contributed by atoms with Crippen LogP contribution in [0.1, 0.15) is 20.7 Å². The molecule has 0 spiro atoms. The maximum absolute atomic E-state index is 10.8. The van der Waals surface area contributed by atoms with Gasteiger partial charge in [0.2, 0.25) is 0 Å². The van der Waals surface area contributed by atoms with Crippen molar-refractivity contribution >= 4 is 23.3 Å². The van der Waals surface area contributed by atoms with E-state index in [1.54, 1.807) is 0 Å². The van der Waals surface area contributed by atoms with Gasteiger partial charge < -0.3 is 31.9 Å². The summed E-state index contributed by atoms with van der Waals surface area (Å²) >= 11 is 0. The second-order valence-corrected chi connectivity index (χ2v) is 4.12. The van der Waals surface area contributed by atoms with Crippen molar-refractivity contribution < 1.29 is 49.5 Å². The van der Waals surface area contributed by atoms with E-state index in [-0.39, 0.29) is 42.0 Å². The molecule has 9 heteroatoms. The monoisotopic (exact) mass is 368 g/mol. The number of benzene rings is 2. The van der Waals surface area contributed by atoms with Crippen LogP contribution < -0.4 is 21.7 Å². The Morgan fingerprint density at radius 2 is 1.09 bits per heavy atom. The fraction of sp³-hybridized carbons (Fsp3) is 0. The molecule has 0 fully saturated rings. The number of carboxylic acids is 2. The third kappa shape index (κ3) is 5.84. The number of anilines is 2. The number of nitrogens with two attached hydrogens (primary N) is 2. The van der Waals surface area contributed by atoms with Gasteiger partial charge in [-0.05, 0) is 36.4 Å². The van der Waals surface area contributed by atoms with E-state index < -0.39 is 23.4 Å². The van der Waals surface area contributed by atoms with Crippen molar-refractivity contribution in [2.75, 3.05) is 11.5 Å². The molecule has 0 atom stereocenters. The molecule has 0 aliphatic rings. The number of hydrogen-bond acceptors (Lipinski definition) is 6. The molecular weight excluding hydrogens is 358 g/mol. The first-order chi connectivity index (χ1) is 10.2. The van der Waals surface area contributed by atoms with Crippen molar-refractivity contribution in [3.63, 3.8) is 0 Å². The van der Waals surface area contributed by atoms with Crippen LogP contribution in [0, 0.1) is 0 Å². The summed E-state index contributed by atoms with van der Waals surface area (Å²) in [5, 5.41) is 38.5. The van der Waals surface area contributed by atoms with Gasteiger partial charge in [-0.25, -0.2) is 9.59 Å².